The number of carbonyl (C=O) groups is 1. The number of hydrogen-bond acceptors (Lipinski definition) is 7. The van der Waals surface area contributed by atoms with E-state index in [1.807, 2.05) is 24.0 Å². The second-order valence-electron chi connectivity index (χ2n) is 11.6. The number of morpholine rings is 1. The Bertz CT molecular complexity index is 1300. The Labute approximate surface area is 230 Å². The lowest BCUT2D eigenvalue weighted by atomic mass is 9.71. The summed E-state index contributed by atoms with van der Waals surface area (Å²) in [6.07, 6.45) is 5.16. The van der Waals surface area contributed by atoms with Crippen LogP contribution in [-0.4, -0.2) is 50.7 Å². The summed E-state index contributed by atoms with van der Waals surface area (Å²) in [7, 11) is -4.20. The minimum Gasteiger partial charge on any atom is -0.477 e. The van der Waals surface area contributed by atoms with Gasteiger partial charge in [0.05, 0.1) is 12.7 Å². The lowest BCUT2D eigenvalue weighted by Gasteiger charge is -2.35. The Morgan fingerprint density at radius 1 is 1.16 bits per heavy atom. The zero-order valence-corrected chi connectivity index (χ0v) is 23.8. The zero-order chi connectivity index (χ0) is 27.1. The minimum atomic E-state index is -4.20. The first-order valence-electron chi connectivity index (χ1n) is 13.4. The van der Waals surface area contributed by atoms with Crippen LogP contribution < -0.4 is 14.4 Å². The third-order valence-corrected chi connectivity index (χ3v) is 9.42. The van der Waals surface area contributed by atoms with E-state index in [2.05, 4.69) is 23.6 Å². The fraction of sp³-hybridized carbons (Fsp3) is 0.571. The summed E-state index contributed by atoms with van der Waals surface area (Å²) in [5.41, 5.74) is 0.111. The third-order valence-electron chi connectivity index (χ3n) is 7.95. The molecule has 1 saturated heterocycles. The number of carbonyl (C=O) groups excluding carboxylic acids is 1. The summed E-state index contributed by atoms with van der Waals surface area (Å²) in [6.45, 7) is 8.31. The van der Waals surface area contributed by atoms with Crippen LogP contribution in [0.25, 0.3) is 0 Å². The molecular weight excluding hydrogens is 526 g/mol. The van der Waals surface area contributed by atoms with Gasteiger partial charge in [0, 0.05) is 31.0 Å². The predicted octanol–water partition coefficient (Wildman–Crippen LogP) is 5.06. The number of rotatable bonds is 7. The monoisotopic (exact) mass is 561 g/mol. The van der Waals surface area contributed by atoms with Crippen LogP contribution in [0.15, 0.2) is 41.4 Å². The highest BCUT2D eigenvalue weighted by atomic mass is 35.5. The van der Waals surface area contributed by atoms with Gasteiger partial charge in [-0.3, -0.25) is 4.79 Å². The van der Waals surface area contributed by atoms with Gasteiger partial charge in [0.1, 0.15) is 11.6 Å². The number of halogens is 1. The van der Waals surface area contributed by atoms with Crippen LogP contribution in [0, 0.1) is 5.41 Å². The molecule has 10 heteroatoms. The first kappa shape index (κ1) is 27.2. The molecule has 2 aliphatic carbocycles. The lowest BCUT2D eigenvalue weighted by molar-refractivity contribution is -0.128. The average Bonchev–Trinajstić information content (AvgIpc) is 3.65. The molecule has 0 bridgehead atoms. The van der Waals surface area contributed by atoms with Gasteiger partial charge < -0.3 is 14.4 Å². The van der Waals surface area contributed by atoms with Crippen LogP contribution in [0.5, 0.6) is 5.75 Å². The number of nitrogens with one attached hydrogen (secondary N) is 1. The molecule has 0 unspecified atom stereocenters. The summed E-state index contributed by atoms with van der Waals surface area (Å²) in [5, 5.41) is 0.314. The van der Waals surface area contributed by atoms with E-state index in [0.29, 0.717) is 60.5 Å². The van der Waals surface area contributed by atoms with E-state index in [1.54, 1.807) is 18.2 Å². The number of sulfonamides is 1. The highest BCUT2D eigenvalue weighted by Gasteiger charge is 2.54. The highest BCUT2D eigenvalue weighted by molar-refractivity contribution is 7.90. The fourth-order valence-corrected chi connectivity index (χ4v) is 6.54. The van der Waals surface area contributed by atoms with Gasteiger partial charge in [-0.1, -0.05) is 37.6 Å². The molecule has 1 aliphatic heterocycles. The van der Waals surface area contributed by atoms with E-state index < -0.39 is 21.5 Å². The van der Waals surface area contributed by atoms with Crippen molar-refractivity contribution < 1.29 is 22.7 Å². The Morgan fingerprint density at radius 3 is 2.58 bits per heavy atom. The minimum absolute atomic E-state index is 0.0221. The Morgan fingerprint density at radius 2 is 1.89 bits per heavy atom. The third kappa shape index (κ3) is 5.95. The van der Waals surface area contributed by atoms with Crippen LogP contribution in [0.2, 0.25) is 5.02 Å². The standard InChI is InChI=1S/C28H36ClN3O5S/c1-19-18-32(15-16-36-19)24-5-4-6-25(30-24)38(34,35)31-26(33)28(13-14-28)37-23-17-21(29)7-8-22(23)20-9-11-27(2,3)12-10-20/h4-8,17,19-20H,9-16,18H2,1-3H3,(H,31,33)/t19-/m1/s1. The van der Waals surface area contributed by atoms with Crippen molar-refractivity contribution in [3.05, 3.63) is 47.0 Å². The summed E-state index contributed by atoms with van der Waals surface area (Å²) in [4.78, 5) is 19.6. The molecule has 1 aromatic heterocycles. The quantitative estimate of drug-likeness (QED) is 0.504. The lowest BCUT2D eigenvalue weighted by Crippen LogP contribution is -2.44. The summed E-state index contributed by atoms with van der Waals surface area (Å²) in [5.74, 6) is 0.731. The van der Waals surface area contributed by atoms with E-state index in [0.717, 1.165) is 31.2 Å². The van der Waals surface area contributed by atoms with Crippen LogP contribution in [0.1, 0.15) is 70.8 Å². The molecule has 2 aromatic rings. The molecule has 2 heterocycles. The SMILES string of the molecule is C[C@@H]1CN(c2cccc(S(=O)(=O)NC(=O)C3(Oc4cc(Cl)ccc4C4CCC(C)(C)CC4)CC3)n2)CCO1. The van der Waals surface area contributed by atoms with Gasteiger partial charge >= 0.3 is 0 Å². The molecule has 0 spiro atoms. The molecule has 1 atom stereocenters. The van der Waals surface area contributed by atoms with Crippen molar-refractivity contribution in [1.29, 1.82) is 0 Å². The maximum absolute atomic E-state index is 13.3. The van der Waals surface area contributed by atoms with Crippen molar-refractivity contribution in [1.82, 2.24) is 9.71 Å². The molecule has 1 amide bonds. The zero-order valence-electron chi connectivity index (χ0n) is 22.2. The smallest absolute Gasteiger partial charge is 0.281 e. The van der Waals surface area contributed by atoms with Gasteiger partial charge in [-0.05, 0) is 73.8 Å². The van der Waals surface area contributed by atoms with Crippen molar-refractivity contribution in [3.8, 4) is 5.75 Å². The Balaban J connectivity index is 1.32. The van der Waals surface area contributed by atoms with Gasteiger partial charge in [0.15, 0.2) is 10.6 Å². The Kier molecular flexibility index (Phi) is 7.39. The van der Waals surface area contributed by atoms with Crippen molar-refractivity contribution in [2.45, 2.75) is 81.9 Å². The molecule has 0 radical (unpaired) electrons. The highest BCUT2D eigenvalue weighted by Crippen LogP contribution is 2.48. The van der Waals surface area contributed by atoms with Crippen LogP contribution in [0.4, 0.5) is 5.82 Å². The molecule has 1 N–H and O–H groups in total. The number of ether oxygens (including phenoxy) is 2. The second-order valence-corrected chi connectivity index (χ2v) is 13.7. The number of nitrogens with zero attached hydrogens (tertiary/aromatic N) is 2. The summed E-state index contributed by atoms with van der Waals surface area (Å²) >= 11 is 6.31. The molecule has 3 fully saturated rings. The van der Waals surface area contributed by atoms with E-state index in [4.69, 9.17) is 21.1 Å². The van der Waals surface area contributed by atoms with E-state index >= 15 is 0 Å². The van der Waals surface area contributed by atoms with E-state index in [-0.39, 0.29) is 11.1 Å². The molecule has 206 valence electrons. The predicted molar refractivity (Wildman–Crippen MR) is 146 cm³/mol. The van der Waals surface area contributed by atoms with Crippen molar-refractivity contribution in [3.63, 3.8) is 0 Å². The van der Waals surface area contributed by atoms with Crippen molar-refractivity contribution in [2.75, 3.05) is 24.6 Å². The van der Waals surface area contributed by atoms with Crippen LogP contribution in [-0.2, 0) is 19.6 Å². The van der Waals surface area contributed by atoms with Gasteiger partial charge in [0.25, 0.3) is 15.9 Å². The van der Waals surface area contributed by atoms with Gasteiger partial charge in [0.2, 0.25) is 0 Å². The molecule has 1 aromatic carbocycles. The van der Waals surface area contributed by atoms with Gasteiger partial charge in [-0.2, -0.15) is 8.42 Å². The average molecular weight is 562 g/mol. The van der Waals surface area contributed by atoms with Crippen molar-refractivity contribution in [2.24, 2.45) is 5.41 Å². The van der Waals surface area contributed by atoms with E-state index in [9.17, 15) is 13.2 Å². The number of hydrogen-bond donors (Lipinski definition) is 1. The first-order valence-corrected chi connectivity index (χ1v) is 15.2. The second kappa shape index (κ2) is 10.3. The fourth-order valence-electron chi connectivity index (χ4n) is 5.37. The van der Waals surface area contributed by atoms with Crippen LogP contribution in [0.3, 0.4) is 0 Å². The number of benzene rings is 1. The number of amides is 1. The topological polar surface area (TPSA) is 97.8 Å². The van der Waals surface area contributed by atoms with Gasteiger partial charge in [-0.15, -0.1) is 0 Å². The molecule has 5 rings (SSSR count). The summed E-state index contributed by atoms with van der Waals surface area (Å²) in [6, 6.07) is 10.4. The molecule has 3 aliphatic rings. The Hall–Kier alpha value is -2.36. The molecule has 8 nitrogen and oxygen atoms in total. The summed E-state index contributed by atoms with van der Waals surface area (Å²) < 4.78 is 40.5. The largest absolute Gasteiger partial charge is 0.477 e. The van der Waals surface area contributed by atoms with Gasteiger partial charge in [-0.25, -0.2) is 9.71 Å². The number of anilines is 1. The van der Waals surface area contributed by atoms with Crippen molar-refractivity contribution >= 4 is 33.3 Å². The van der Waals surface area contributed by atoms with E-state index in [1.165, 1.54) is 6.07 Å². The number of aromatic nitrogens is 1. The molecule has 2 saturated carbocycles. The molecule has 38 heavy (non-hydrogen) atoms. The molecular formula is C28H36ClN3O5S. The first-order chi connectivity index (χ1) is 18.0. The number of pyridine rings is 1. The normalized spacial score (nSPS) is 23.1. The maximum Gasteiger partial charge on any atom is 0.281 e. The maximum atomic E-state index is 13.3. The van der Waals surface area contributed by atoms with Crippen LogP contribution >= 0.6 is 11.6 Å².